The van der Waals surface area contributed by atoms with Crippen molar-refractivity contribution in [3.05, 3.63) is 23.8 Å². The number of nitrogens with zero attached hydrogens (tertiary/aromatic N) is 1. The van der Waals surface area contributed by atoms with Crippen molar-refractivity contribution in [1.29, 1.82) is 0 Å². The van der Waals surface area contributed by atoms with Gasteiger partial charge in [-0.05, 0) is 37.5 Å². The fourth-order valence-electron chi connectivity index (χ4n) is 2.90. The topological polar surface area (TPSA) is 76.8 Å². The molecule has 3 rings (SSSR count). The molecule has 21 heavy (non-hydrogen) atoms. The molecule has 0 bridgehead atoms. The molecule has 114 valence electrons. The Hall–Kier alpha value is -1.95. The zero-order chi connectivity index (χ0) is 14.8. The van der Waals surface area contributed by atoms with E-state index in [1.807, 2.05) is 12.1 Å². The third kappa shape index (κ3) is 3.05. The Morgan fingerprint density at radius 2 is 2.05 bits per heavy atom. The van der Waals surface area contributed by atoms with Crippen LogP contribution in [0.4, 0.5) is 4.79 Å². The number of hydrogen-bond donors (Lipinski definition) is 2. The van der Waals surface area contributed by atoms with Gasteiger partial charge < -0.3 is 25.4 Å². The van der Waals surface area contributed by atoms with Crippen LogP contribution in [0.25, 0.3) is 0 Å². The Kier molecular flexibility index (Phi) is 3.88. The van der Waals surface area contributed by atoms with Gasteiger partial charge in [0.25, 0.3) is 0 Å². The molecule has 0 aromatic heterocycles. The maximum absolute atomic E-state index is 11.1. The van der Waals surface area contributed by atoms with Gasteiger partial charge in [0.1, 0.15) is 0 Å². The number of primary amides is 1. The lowest BCUT2D eigenvalue weighted by molar-refractivity contribution is 0.173. The number of carbonyl (C=O) groups excluding carboxylic acids is 1. The summed E-state index contributed by atoms with van der Waals surface area (Å²) in [5.41, 5.74) is 6.48. The predicted octanol–water partition coefficient (Wildman–Crippen LogP) is 1.61. The molecule has 1 fully saturated rings. The van der Waals surface area contributed by atoms with Crippen LogP contribution in [0.1, 0.15) is 31.4 Å². The van der Waals surface area contributed by atoms with E-state index >= 15 is 0 Å². The monoisotopic (exact) mass is 291 g/mol. The van der Waals surface area contributed by atoms with Gasteiger partial charge in [-0.25, -0.2) is 4.79 Å². The van der Waals surface area contributed by atoms with Crippen molar-refractivity contribution in [1.82, 2.24) is 10.2 Å². The van der Waals surface area contributed by atoms with Gasteiger partial charge in [-0.3, -0.25) is 0 Å². The van der Waals surface area contributed by atoms with Crippen LogP contribution >= 0.6 is 0 Å². The normalized spacial score (nSPS) is 19.6. The number of amides is 2. The first-order chi connectivity index (χ1) is 10.1. The van der Waals surface area contributed by atoms with Gasteiger partial charge in [0, 0.05) is 25.2 Å². The minimum Gasteiger partial charge on any atom is -0.454 e. The fourth-order valence-corrected chi connectivity index (χ4v) is 2.90. The minimum atomic E-state index is -0.322. The number of fused-ring (bicyclic) bond motifs is 1. The number of urea groups is 1. The third-order valence-electron chi connectivity index (χ3n) is 4.19. The quantitative estimate of drug-likeness (QED) is 0.887. The molecule has 0 radical (unpaired) electrons. The second-order valence-electron chi connectivity index (χ2n) is 5.60. The zero-order valence-corrected chi connectivity index (χ0v) is 12.2. The summed E-state index contributed by atoms with van der Waals surface area (Å²) in [7, 11) is 0. The summed E-state index contributed by atoms with van der Waals surface area (Å²) in [6, 6.07) is 6.34. The highest BCUT2D eigenvalue weighted by Crippen LogP contribution is 2.34. The Balaban J connectivity index is 1.57. The molecule has 6 heteroatoms. The molecular weight excluding hydrogens is 270 g/mol. The number of nitrogens with two attached hydrogens (primary N) is 1. The van der Waals surface area contributed by atoms with E-state index in [-0.39, 0.29) is 12.1 Å². The number of benzene rings is 1. The Labute approximate surface area is 124 Å². The van der Waals surface area contributed by atoms with Crippen molar-refractivity contribution in [2.45, 2.75) is 31.8 Å². The van der Waals surface area contributed by atoms with Crippen molar-refractivity contribution in [2.24, 2.45) is 5.73 Å². The van der Waals surface area contributed by atoms with E-state index in [0.717, 1.165) is 37.4 Å². The molecule has 2 aliphatic heterocycles. The molecule has 0 spiro atoms. The molecule has 1 saturated heterocycles. The van der Waals surface area contributed by atoms with Gasteiger partial charge in [0.15, 0.2) is 11.5 Å². The number of rotatable bonds is 3. The van der Waals surface area contributed by atoms with E-state index in [1.165, 1.54) is 5.56 Å². The van der Waals surface area contributed by atoms with Crippen LogP contribution in [0.3, 0.4) is 0 Å². The van der Waals surface area contributed by atoms with E-state index in [4.69, 9.17) is 15.2 Å². The molecule has 6 nitrogen and oxygen atoms in total. The smallest absolute Gasteiger partial charge is 0.314 e. The average molecular weight is 291 g/mol. The largest absolute Gasteiger partial charge is 0.454 e. The molecule has 1 atom stereocenters. The molecule has 1 aromatic carbocycles. The fraction of sp³-hybridized carbons (Fsp3) is 0.533. The SMILES string of the molecule is C[C@@H](NC1CCN(C(N)=O)CC1)c1ccc2c(c1)OCO2. The van der Waals surface area contributed by atoms with E-state index in [2.05, 4.69) is 18.3 Å². The Morgan fingerprint density at radius 1 is 1.33 bits per heavy atom. The number of hydrogen-bond acceptors (Lipinski definition) is 4. The zero-order valence-electron chi connectivity index (χ0n) is 12.2. The van der Waals surface area contributed by atoms with E-state index in [9.17, 15) is 4.79 Å². The number of piperidine rings is 1. The number of carbonyl (C=O) groups is 1. The molecule has 2 aliphatic rings. The maximum atomic E-state index is 11.1. The van der Waals surface area contributed by atoms with Crippen molar-refractivity contribution in [2.75, 3.05) is 19.9 Å². The lowest BCUT2D eigenvalue weighted by atomic mass is 10.0. The minimum absolute atomic E-state index is 0.227. The third-order valence-corrected chi connectivity index (χ3v) is 4.19. The van der Waals surface area contributed by atoms with Crippen molar-refractivity contribution in [3.8, 4) is 11.5 Å². The van der Waals surface area contributed by atoms with Crippen LogP contribution in [0, 0.1) is 0 Å². The highest BCUT2D eigenvalue weighted by molar-refractivity contribution is 5.72. The first-order valence-corrected chi connectivity index (χ1v) is 7.33. The summed E-state index contributed by atoms with van der Waals surface area (Å²) in [6.45, 7) is 3.88. The summed E-state index contributed by atoms with van der Waals surface area (Å²) in [5, 5.41) is 3.61. The molecule has 0 saturated carbocycles. The highest BCUT2D eigenvalue weighted by Gasteiger charge is 2.23. The first-order valence-electron chi connectivity index (χ1n) is 7.33. The summed E-state index contributed by atoms with van der Waals surface area (Å²) >= 11 is 0. The number of nitrogens with one attached hydrogen (secondary N) is 1. The van der Waals surface area contributed by atoms with Gasteiger partial charge in [0.05, 0.1) is 0 Å². The standard InChI is InChI=1S/C15H21N3O3/c1-10(11-2-3-13-14(8-11)21-9-20-13)17-12-4-6-18(7-5-12)15(16)19/h2-3,8,10,12,17H,4-7,9H2,1H3,(H2,16,19)/t10-/m1/s1. The average Bonchev–Trinajstić information content (AvgIpc) is 2.95. The van der Waals surface area contributed by atoms with Crippen LogP contribution in [0.15, 0.2) is 18.2 Å². The molecule has 1 aromatic rings. The van der Waals surface area contributed by atoms with Crippen LogP contribution in [-0.4, -0.2) is 36.9 Å². The Bertz CT molecular complexity index is 527. The second-order valence-corrected chi connectivity index (χ2v) is 5.60. The second kappa shape index (κ2) is 5.81. The molecule has 0 aliphatic carbocycles. The Morgan fingerprint density at radius 3 is 2.76 bits per heavy atom. The van der Waals surface area contributed by atoms with Crippen LogP contribution in [-0.2, 0) is 0 Å². The van der Waals surface area contributed by atoms with Crippen molar-refractivity contribution < 1.29 is 14.3 Å². The van der Waals surface area contributed by atoms with Crippen molar-refractivity contribution >= 4 is 6.03 Å². The van der Waals surface area contributed by atoms with E-state index < -0.39 is 0 Å². The van der Waals surface area contributed by atoms with Gasteiger partial charge >= 0.3 is 6.03 Å². The van der Waals surface area contributed by atoms with E-state index in [1.54, 1.807) is 4.90 Å². The lowest BCUT2D eigenvalue weighted by Gasteiger charge is -2.33. The molecule has 0 unspecified atom stereocenters. The van der Waals surface area contributed by atoms with Gasteiger partial charge in [-0.1, -0.05) is 6.07 Å². The summed E-state index contributed by atoms with van der Waals surface area (Å²) in [6.07, 6.45) is 1.86. The van der Waals surface area contributed by atoms with Crippen LogP contribution in [0.5, 0.6) is 11.5 Å². The number of likely N-dealkylation sites (tertiary alicyclic amines) is 1. The summed E-state index contributed by atoms with van der Waals surface area (Å²) in [4.78, 5) is 12.8. The predicted molar refractivity (Wildman–Crippen MR) is 78.3 cm³/mol. The first kappa shape index (κ1) is 14.0. The van der Waals surface area contributed by atoms with Crippen LogP contribution < -0.4 is 20.5 Å². The number of ether oxygens (including phenoxy) is 2. The molecular formula is C15H21N3O3. The van der Waals surface area contributed by atoms with Crippen molar-refractivity contribution in [3.63, 3.8) is 0 Å². The van der Waals surface area contributed by atoms with Crippen LogP contribution in [0.2, 0.25) is 0 Å². The van der Waals surface area contributed by atoms with Gasteiger partial charge in [-0.15, -0.1) is 0 Å². The molecule has 3 N–H and O–H groups in total. The molecule has 2 amide bonds. The summed E-state index contributed by atoms with van der Waals surface area (Å²) in [5.74, 6) is 1.62. The van der Waals surface area contributed by atoms with Gasteiger partial charge in [0.2, 0.25) is 6.79 Å². The summed E-state index contributed by atoms with van der Waals surface area (Å²) < 4.78 is 10.7. The van der Waals surface area contributed by atoms with Gasteiger partial charge in [-0.2, -0.15) is 0 Å². The lowest BCUT2D eigenvalue weighted by Crippen LogP contribution is -2.47. The molecule has 2 heterocycles. The highest BCUT2D eigenvalue weighted by atomic mass is 16.7. The maximum Gasteiger partial charge on any atom is 0.314 e. The van der Waals surface area contributed by atoms with E-state index in [0.29, 0.717) is 12.8 Å².